The van der Waals surface area contributed by atoms with Gasteiger partial charge in [0.2, 0.25) is 0 Å². The van der Waals surface area contributed by atoms with Crippen LogP contribution in [-0.2, 0) is 0 Å². The predicted molar refractivity (Wildman–Crippen MR) is 101 cm³/mol. The van der Waals surface area contributed by atoms with Crippen molar-refractivity contribution in [2.45, 2.75) is 16.7 Å². The first-order valence-electron chi connectivity index (χ1n) is 8.23. The van der Waals surface area contributed by atoms with Gasteiger partial charge in [-0.2, -0.15) is 0 Å². The topological polar surface area (TPSA) is 75.6 Å². The Labute approximate surface area is 161 Å². The SMILES string of the molecule is CCOc1ccc(Sc2ccc(Oc3nc(OC)nc(OC)n3)cc2)cc1. The summed E-state index contributed by atoms with van der Waals surface area (Å²) in [5.74, 6) is 1.47. The van der Waals surface area contributed by atoms with Crippen molar-refractivity contribution in [1.82, 2.24) is 15.0 Å². The quantitative estimate of drug-likeness (QED) is 0.570. The maximum atomic E-state index is 5.66. The lowest BCUT2D eigenvalue weighted by atomic mass is 10.3. The molecule has 0 N–H and O–H groups in total. The van der Waals surface area contributed by atoms with E-state index in [4.69, 9.17) is 18.9 Å². The molecule has 0 bridgehead atoms. The molecule has 0 fully saturated rings. The summed E-state index contributed by atoms with van der Waals surface area (Å²) in [5, 5.41) is 0. The lowest BCUT2D eigenvalue weighted by Crippen LogP contribution is -2.01. The van der Waals surface area contributed by atoms with Crippen molar-refractivity contribution < 1.29 is 18.9 Å². The minimum absolute atomic E-state index is 0.102. The van der Waals surface area contributed by atoms with E-state index in [2.05, 4.69) is 15.0 Å². The lowest BCUT2D eigenvalue weighted by Gasteiger charge is -2.08. The molecule has 2 aromatic carbocycles. The molecule has 7 nitrogen and oxygen atoms in total. The third kappa shape index (κ3) is 5.24. The summed E-state index contributed by atoms with van der Waals surface area (Å²) in [6.07, 6.45) is 0. The molecular weight excluding hydrogens is 366 g/mol. The fourth-order valence-electron chi connectivity index (χ4n) is 2.14. The number of ether oxygens (including phenoxy) is 4. The molecule has 0 atom stereocenters. The maximum Gasteiger partial charge on any atom is 0.331 e. The average molecular weight is 385 g/mol. The minimum Gasteiger partial charge on any atom is -0.494 e. The van der Waals surface area contributed by atoms with Crippen LogP contribution in [0.5, 0.6) is 29.5 Å². The second-order valence-corrected chi connectivity index (χ2v) is 6.32. The minimum atomic E-state index is 0.102. The van der Waals surface area contributed by atoms with Gasteiger partial charge in [0.05, 0.1) is 20.8 Å². The van der Waals surface area contributed by atoms with Gasteiger partial charge < -0.3 is 18.9 Å². The molecule has 140 valence electrons. The van der Waals surface area contributed by atoms with Crippen LogP contribution in [0.3, 0.4) is 0 Å². The van der Waals surface area contributed by atoms with Crippen molar-refractivity contribution in [3.8, 4) is 29.5 Å². The summed E-state index contributed by atoms with van der Waals surface area (Å²) in [4.78, 5) is 14.2. The fraction of sp³-hybridized carbons (Fsp3) is 0.211. The molecule has 0 aliphatic rings. The van der Waals surface area contributed by atoms with Crippen molar-refractivity contribution in [2.24, 2.45) is 0 Å². The first-order chi connectivity index (χ1) is 13.2. The number of methoxy groups -OCH3 is 2. The number of hydrogen-bond donors (Lipinski definition) is 0. The first kappa shape index (κ1) is 18.8. The molecule has 0 saturated carbocycles. The molecule has 3 rings (SSSR count). The Kier molecular flexibility index (Phi) is 6.32. The van der Waals surface area contributed by atoms with E-state index in [9.17, 15) is 0 Å². The van der Waals surface area contributed by atoms with Crippen LogP contribution in [-0.4, -0.2) is 35.8 Å². The van der Waals surface area contributed by atoms with E-state index in [0.717, 1.165) is 15.5 Å². The van der Waals surface area contributed by atoms with Gasteiger partial charge in [0.15, 0.2) is 0 Å². The molecule has 0 aliphatic carbocycles. The molecule has 1 aromatic heterocycles. The molecule has 0 amide bonds. The van der Waals surface area contributed by atoms with E-state index in [-0.39, 0.29) is 18.0 Å². The molecule has 3 aromatic rings. The summed E-state index contributed by atoms with van der Waals surface area (Å²) in [5.41, 5.74) is 0. The Morgan fingerprint density at radius 3 is 1.67 bits per heavy atom. The Balaban J connectivity index is 1.66. The Hall–Kier alpha value is -3.00. The predicted octanol–water partition coefficient (Wildman–Crippen LogP) is 4.23. The number of hydrogen-bond acceptors (Lipinski definition) is 8. The average Bonchev–Trinajstić information content (AvgIpc) is 2.71. The fourth-order valence-corrected chi connectivity index (χ4v) is 2.95. The van der Waals surface area contributed by atoms with Gasteiger partial charge in [0, 0.05) is 9.79 Å². The van der Waals surface area contributed by atoms with Gasteiger partial charge in [-0.15, -0.1) is 15.0 Å². The molecular formula is C19H19N3O4S. The molecule has 0 aliphatic heterocycles. The van der Waals surface area contributed by atoms with Crippen LogP contribution in [0, 0.1) is 0 Å². The van der Waals surface area contributed by atoms with Crippen LogP contribution in [0.25, 0.3) is 0 Å². The zero-order valence-corrected chi connectivity index (χ0v) is 16.0. The van der Waals surface area contributed by atoms with Crippen LogP contribution in [0.2, 0.25) is 0 Å². The van der Waals surface area contributed by atoms with Crippen molar-refractivity contribution >= 4 is 11.8 Å². The van der Waals surface area contributed by atoms with Gasteiger partial charge in [-0.25, -0.2) is 0 Å². The zero-order valence-electron chi connectivity index (χ0n) is 15.2. The van der Waals surface area contributed by atoms with Gasteiger partial charge in [0.25, 0.3) is 0 Å². The van der Waals surface area contributed by atoms with Crippen molar-refractivity contribution in [1.29, 1.82) is 0 Å². The number of rotatable bonds is 8. The standard InChI is InChI=1S/C19H19N3O4S/c1-4-25-13-5-9-15(10-6-13)27-16-11-7-14(8-12-16)26-19-21-17(23-2)20-18(22-19)24-3/h5-12H,4H2,1-3H3. The summed E-state index contributed by atoms with van der Waals surface area (Å²) < 4.78 is 21.1. The number of aromatic nitrogens is 3. The number of nitrogens with zero attached hydrogens (tertiary/aromatic N) is 3. The van der Waals surface area contributed by atoms with Crippen molar-refractivity contribution in [2.75, 3.05) is 20.8 Å². The molecule has 0 unspecified atom stereocenters. The van der Waals surface area contributed by atoms with E-state index in [1.165, 1.54) is 14.2 Å². The van der Waals surface area contributed by atoms with E-state index < -0.39 is 0 Å². The van der Waals surface area contributed by atoms with Crippen LogP contribution in [0.1, 0.15) is 6.92 Å². The van der Waals surface area contributed by atoms with Gasteiger partial charge in [-0.1, -0.05) is 11.8 Å². The van der Waals surface area contributed by atoms with Crippen LogP contribution >= 0.6 is 11.8 Å². The van der Waals surface area contributed by atoms with E-state index in [1.54, 1.807) is 11.8 Å². The largest absolute Gasteiger partial charge is 0.494 e. The summed E-state index contributed by atoms with van der Waals surface area (Å²) in [7, 11) is 2.93. The van der Waals surface area contributed by atoms with Crippen LogP contribution in [0.4, 0.5) is 0 Å². The van der Waals surface area contributed by atoms with Gasteiger partial charge >= 0.3 is 18.0 Å². The highest BCUT2D eigenvalue weighted by molar-refractivity contribution is 7.99. The highest BCUT2D eigenvalue weighted by atomic mass is 32.2. The van der Waals surface area contributed by atoms with Gasteiger partial charge in [0.1, 0.15) is 11.5 Å². The maximum absolute atomic E-state index is 5.66. The molecule has 27 heavy (non-hydrogen) atoms. The normalized spacial score (nSPS) is 10.3. The van der Waals surface area contributed by atoms with Gasteiger partial charge in [-0.3, -0.25) is 0 Å². The third-order valence-electron chi connectivity index (χ3n) is 3.34. The highest BCUT2D eigenvalue weighted by Crippen LogP contribution is 2.31. The van der Waals surface area contributed by atoms with Gasteiger partial charge in [-0.05, 0) is 55.5 Å². The second kappa shape index (κ2) is 9.09. The lowest BCUT2D eigenvalue weighted by molar-refractivity contribution is 0.320. The molecule has 0 spiro atoms. The summed E-state index contributed by atoms with van der Waals surface area (Å²) >= 11 is 1.65. The Morgan fingerprint density at radius 2 is 1.19 bits per heavy atom. The van der Waals surface area contributed by atoms with E-state index >= 15 is 0 Å². The van der Waals surface area contributed by atoms with Crippen molar-refractivity contribution in [3.63, 3.8) is 0 Å². The smallest absolute Gasteiger partial charge is 0.331 e. The summed E-state index contributed by atoms with van der Waals surface area (Å²) in [6.45, 7) is 2.63. The zero-order chi connectivity index (χ0) is 19.1. The Morgan fingerprint density at radius 1 is 0.704 bits per heavy atom. The van der Waals surface area contributed by atoms with E-state index in [0.29, 0.717) is 12.4 Å². The Bertz CT molecular complexity index is 851. The van der Waals surface area contributed by atoms with E-state index in [1.807, 2.05) is 55.5 Å². The first-order valence-corrected chi connectivity index (χ1v) is 9.04. The highest BCUT2D eigenvalue weighted by Gasteiger charge is 2.09. The molecule has 1 heterocycles. The number of benzene rings is 2. The summed E-state index contributed by atoms with van der Waals surface area (Å²) in [6, 6.07) is 16.0. The molecule has 0 radical (unpaired) electrons. The van der Waals surface area contributed by atoms with Crippen molar-refractivity contribution in [3.05, 3.63) is 48.5 Å². The molecule has 0 saturated heterocycles. The molecule has 8 heteroatoms. The van der Waals surface area contributed by atoms with Crippen LogP contribution < -0.4 is 18.9 Å². The second-order valence-electron chi connectivity index (χ2n) is 5.17. The third-order valence-corrected chi connectivity index (χ3v) is 4.36. The monoisotopic (exact) mass is 385 g/mol. The van der Waals surface area contributed by atoms with Crippen LogP contribution in [0.15, 0.2) is 58.3 Å².